The highest BCUT2D eigenvalue weighted by Crippen LogP contribution is 2.18. The molecule has 0 amide bonds. The molecule has 1 aromatic rings. The Morgan fingerprint density at radius 3 is 2.68 bits per heavy atom. The highest BCUT2D eigenvalue weighted by molar-refractivity contribution is 7.85. The monoisotopic (exact) mass is 286 g/mol. The molecule has 0 aliphatic heterocycles. The van der Waals surface area contributed by atoms with E-state index in [1.807, 2.05) is 0 Å². The Hall–Kier alpha value is -1.23. The molecule has 1 rings (SSSR count). The smallest absolute Gasteiger partial charge is 0.175 e. The third kappa shape index (κ3) is 5.11. The van der Waals surface area contributed by atoms with Crippen molar-refractivity contribution < 1.29 is 18.1 Å². The van der Waals surface area contributed by atoms with Crippen LogP contribution in [0.5, 0.6) is 5.75 Å². The van der Waals surface area contributed by atoms with Gasteiger partial charge >= 0.3 is 0 Å². The minimum absolute atomic E-state index is 0.0461. The zero-order valence-corrected chi connectivity index (χ0v) is 12.1. The van der Waals surface area contributed by atoms with Crippen LogP contribution in [0.4, 0.5) is 4.39 Å². The summed E-state index contributed by atoms with van der Waals surface area (Å²) in [4.78, 5) is 11.8. The van der Waals surface area contributed by atoms with Gasteiger partial charge in [0.05, 0.1) is 12.9 Å². The van der Waals surface area contributed by atoms with Crippen molar-refractivity contribution in [3.8, 4) is 5.75 Å². The number of carbonyl (C=O) groups excluding carboxylic acids is 1. The van der Waals surface area contributed by atoms with Gasteiger partial charge in [-0.25, -0.2) is 4.39 Å². The lowest BCUT2D eigenvalue weighted by molar-refractivity contribution is 0.102. The van der Waals surface area contributed by atoms with Gasteiger partial charge in [0.2, 0.25) is 0 Å². The highest BCUT2D eigenvalue weighted by atomic mass is 32.2. The van der Waals surface area contributed by atoms with Gasteiger partial charge in [0.15, 0.2) is 17.3 Å². The van der Waals surface area contributed by atoms with Crippen LogP contribution < -0.4 is 4.74 Å². The number of halogens is 1. The molecule has 3 nitrogen and oxygen atoms in total. The van der Waals surface area contributed by atoms with Crippen molar-refractivity contribution in [3.63, 3.8) is 0 Å². The number of hydrogen-bond acceptors (Lipinski definition) is 3. The first-order chi connectivity index (χ1) is 9.08. The minimum Gasteiger partial charge on any atom is -0.494 e. The second-order valence-electron chi connectivity index (χ2n) is 4.27. The number of Topliss-reactive ketones (excluding diaryl/α,β-unsaturated/α-hetero) is 1. The van der Waals surface area contributed by atoms with Crippen molar-refractivity contribution in [2.24, 2.45) is 0 Å². The van der Waals surface area contributed by atoms with E-state index in [4.69, 9.17) is 4.74 Å². The van der Waals surface area contributed by atoms with Gasteiger partial charge < -0.3 is 4.74 Å². The summed E-state index contributed by atoms with van der Waals surface area (Å²) >= 11 is 0. The Balaban J connectivity index is 2.58. The molecule has 0 fully saturated rings. The third-order valence-corrected chi connectivity index (χ3v) is 4.07. The average Bonchev–Trinajstić information content (AvgIpc) is 2.38. The van der Waals surface area contributed by atoms with Crippen LogP contribution in [0.1, 0.15) is 36.5 Å². The van der Waals surface area contributed by atoms with E-state index in [9.17, 15) is 13.4 Å². The molecular weight excluding hydrogens is 267 g/mol. The molecule has 106 valence electrons. The van der Waals surface area contributed by atoms with Crippen LogP contribution in [-0.2, 0) is 10.8 Å². The zero-order chi connectivity index (χ0) is 14.3. The lowest BCUT2D eigenvalue weighted by Gasteiger charge is -2.05. The van der Waals surface area contributed by atoms with Crippen molar-refractivity contribution in [1.29, 1.82) is 0 Å². The summed E-state index contributed by atoms with van der Waals surface area (Å²) < 4.78 is 29.9. The van der Waals surface area contributed by atoms with Crippen molar-refractivity contribution >= 4 is 16.6 Å². The lowest BCUT2D eigenvalue weighted by Crippen LogP contribution is -2.13. The highest BCUT2D eigenvalue weighted by Gasteiger charge is 2.13. The van der Waals surface area contributed by atoms with Crippen LogP contribution in [0.2, 0.25) is 0 Å². The number of ether oxygens (including phenoxy) is 1. The zero-order valence-electron chi connectivity index (χ0n) is 11.3. The molecule has 0 aliphatic carbocycles. The molecule has 0 radical (unpaired) electrons. The molecule has 0 saturated carbocycles. The molecule has 1 aromatic carbocycles. The molecule has 0 saturated heterocycles. The number of hydrogen-bond donors (Lipinski definition) is 0. The molecule has 5 heteroatoms. The third-order valence-electron chi connectivity index (χ3n) is 2.74. The van der Waals surface area contributed by atoms with Gasteiger partial charge in [0.25, 0.3) is 0 Å². The number of carbonyl (C=O) groups is 1. The summed E-state index contributed by atoms with van der Waals surface area (Å²) in [6.45, 7) is 2.06. The molecule has 0 spiro atoms. The quantitative estimate of drug-likeness (QED) is 0.545. The Kier molecular flexibility index (Phi) is 6.70. The number of benzene rings is 1. The lowest BCUT2D eigenvalue weighted by atomic mass is 10.1. The van der Waals surface area contributed by atoms with Gasteiger partial charge in [-0.2, -0.15) is 0 Å². The topological polar surface area (TPSA) is 43.4 Å². The van der Waals surface area contributed by atoms with Gasteiger partial charge in [0, 0.05) is 22.1 Å². The number of ketones is 1. The van der Waals surface area contributed by atoms with Crippen LogP contribution in [0.25, 0.3) is 0 Å². The SMILES string of the molecule is CCCCCS(=O)CC(=O)c1ccc(OC)c(F)c1. The van der Waals surface area contributed by atoms with Crippen molar-refractivity contribution in [3.05, 3.63) is 29.6 Å². The summed E-state index contributed by atoms with van der Waals surface area (Å²) in [5.41, 5.74) is 0.238. The van der Waals surface area contributed by atoms with Gasteiger partial charge in [-0.15, -0.1) is 0 Å². The minimum atomic E-state index is -1.17. The summed E-state index contributed by atoms with van der Waals surface area (Å²) in [5.74, 6) is -0.296. The average molecular weight is 286 g/mol. The predicted octanol–water partition coefficient (Wildman–Crippen LogP) is 2.96. The van der Waals surface area contributed by atoms with E-state index in [1.165, 1.54) is 19.2 Å². The van der Waals surface area contributed by atoms with E-state index < -0.39 is 16.6 Å². The first-order valence-corrected chi connectivity index (χ1v) is 7.79. The summed E-state index contributed by atoms with van der Waals surface area (Å²) in [5, 5.41) is 0. The fraction of sp³-hybridized carbons (Fsp3) is 0.500. The van der Waals surface area contributed by atoms with Crippen molar-refractivity contribution in [2.75, 3.05) is 18.6 Å². The summed E-state index contributed by atoms with van der Waals surface area (Å²) in [6.07, 6.45) is 2.92. The van der Waals surface area contributed by atoms with Crippen LogP contribution in [0, 0.1) is 5.82 Å². The van der Waals surface area contributed by atoms with Gasteiger partial charge in [-0.3, -0.25) is 9.00 Å². The maximum atomic E-state index is 13.4. The molecule has 1 atom stereocenters. The van der Waals surface area contributed by atoms with E-state index in [0.717, 1.165) is 25.3 Å². The van der Waals surface area contributed by atoms with Crippen molar-refractivity contribution in [2.45, 2.75) is 26.2 Å². The maximum absolute atomic E-state index is 13.4. The molecule has 19 heavy (non-hydrogen) atoms. The molecular formula is C14H19FO3S. The summed E-state index contributed by atoms with van der Waals surface area (Å²) in [6, 6.07) is 4.03. The van der Waals surface area contributed by atoms with Crippen LogP contribution in [0.15, 0.2) is 18.2 Å². The second-order valence-corrected chi connectivity index (χ2v) is 5.84. The molecule has 0 bridgehead atoms. The largest absolute Gasteiger partial charge is 0.494 e. The number of rotatable bonds is 8. The Morgan fingerprint density at radius 2 is 2.11 bits per heavy atom. The Bertz CT molecular complexity index is 460. The standard InChI is InChI=1S/C14H19FO3S/c1-3-4-5-8-19(17)10-13(16)11-6-7-14(18-2)12(15)9-11/h6-7,9H,3-5,8,10H2,1-2H3. The van der Waals surface area contributed by atoms with E-state index >= 15 is 0 Å². The van der Waals surface area contributed by atoms with E-state index in [0.29, 0.717) is 5.75 Å². The van der Waals surface area contributed by atoms with E-state index in [1.54, 1.807) is 0 Å². The Morgan fingerprint density at radius 1 is 1.37 bits per heavy atom. The van der Waals surface area contributed by atoms with Crippen LogP contribution in [-0.4, -0.2) is 28.6 Å². The maximum Gasteiger partial charge on any atom is 0.175 e. The summed E-state index contributed by atoms with van der Waals surface area (Å²) in [7, 11) is 0.195. The van der Waals surface area contributed by atoms with Gasteiger partial charge in [-0.05, 0) is 24.6 Å². The second kappa shape index (κ2) is 8.04. The van der Waals surface area contributed by atoms with Crippen LogP contribution in [0.3, 0.4) is 0 Å². The van der Waals surface area contributed by atoms with Crippen LogP contribution >= 0.6 is 0 Å². The molecule has 0 heterocycles. The molecule has 0 aromatic heterocycles. The molecule has 1 unspecified atom stereocenters. The van der Waals surface area contributed by atoms with E-state index in [-0.39, 0.29) is 22.8 Å². The molecule has 0 aliphatic rings. The molecule has 0 N–H and O–H groups in total. The van der Waals surface area contributed by atoms with Gasteiger partial charge in [-0.1, -0.05) is 19.8 Å². The number of methoxy groups -OCH3 is 1. The van der Waals surface area contributed by atoms with Gasteiger partial charge in [0.1, 0.15) is 0 Å². The fourth-order valence-electron chi connectivity index (χ4n) is 1.65. The fourth-order valence-corrected chi connectivity index (χ4v) is 2.78. The predicted molar refractivity (Wildman–Crippen MR) is 74.7 cm³/mol. The Labute approximate surface area is 115 Å². The van der Waals surface area contributed by atoms with Crippen molar-refractivity contribution in [1.82, 2.24) is 0 Å². The first-order valence-electron chi connectivity index (χ1n) is 6.30. The number of unbranched alkanes of at least 4 members (excludes halogenated alkanes) is 2. The normalized spacial score (nSPS) is 12.2. The van der Waals surface area contributed by atoms with E-state index in [2.05, 4.69) is 6.92 Å². The first kappa shape index (κ1) is 15.8.